The molecule has 0 amide bonds. The third kappa shape index (κ3) is 3.46. The summed E-state index contributed by atoms with van der Waals surface area (Å²) in [7, 11) is -3.19. The summed E-state index contributed by atoms with van der Waals surface area (Å²) in [6, 6.07) is 50.7. The molecular formula is C36H30N4Si. The summed E-state index contributed by atoms with van der Waals surface area (Å²) in [6.45, 7) is 0. The summed E-state index contributed by atoms with van der Waals surface area (Å²) in [4.78, 5) is 0. The quantitative estimate of drug-likeness (QED) is 0.208. The van der Waals surface area contributed by atoms with Crippen LogP contribution in [0.2, 0.25) is 0 Å². The largest absolute Gasteiger partial charge is 0.521 e. The molecule has 198 valence electrons. The molecule has 0 unspecified atom stereocenters. The highest BCUT2D eigenvalue weighted by Gasteiger charge is 2.69. The Kier molecular flexibility index (Phi) is 5.57. The number of fused-ring (bicyclic) bond motifs is 2. The predicted molar refractivity (Wildman–Crippen MR) is 173 cm³/mol. The van der Waals surface area contributed by atoms with E-state index in [-0.39, 0.29) is 0 Å². The molecule has 1 spiro atoms. The first-order valence-electron chi connectivity index (χ1n) is 14.3. The average Bonchev–Trinajstić information content (AvgIpc) is 3.51. The molecule has 0 saturated carbocycles. The highest BCUT2D eigenvalue weighted by atomic mass is 28.4. The van der Waals surface area contributed by atoms with Crippen molar-refractivity contribution in [2.75, 3.05) is 18.3 Å². The first-order chi connectivity index (χ1) is 20.4. The first kappa shape index (κ1) is 23.8. The molecule has 0 fully saturated rings. The highest BCUT2D eigenvalue weighted by molar-refractivity contribution is 6.99. The van der Waals surface area contributed by atoms with E-state index in [4.69, 9.17) is 0 Å². The standard InChI is InChI=1S/C36H30N4Si/c1-5-17-29(18-6-1)37-33-25-13-14-26-34(33)38(30-19-7-2-8-20-30)41(37)39(31-21-9-3-10-22-31)35-27-15-16-28-36(35)40(41)32-23-11-4-12-24-32/h1-3,5-11,13-28H,4,12H2. The Morgan fingerprint density at radius 1 is 0.390 bits per heavy atom. The molecule has 0 saturated heterocycles. The lowest BCUT2D eigenvalue weighted by atomic mass is 10.1. The maximum atomic E-state index is 2.69. The monoisotopic (exact) mass is 546 g/mol. The van der Waals surface area contributed by atoms with Crippen molar-refractivity contribution < 1.29 is 0 Å². The van der Waals surface area contributed by atoms with Gasteiger partial charge in [-0.3, -0.25) is 0 Å². The number of rotatable bonds is 4. The molecular weight excluding hydrogens is 517 g/mol. The van der Waals surface area contributed by atoms with Gasteiger partial charge in [-0.05, 0) is 79.6 Å². The van der Waals surface area contributed by atoms with Crippen molar-refractivity contribution in [3.8, 4) is 0 Å². The molecule has 8 rings (SSSR count). The van der Waals surface area contributed by atoms with Gasteiger partial charge < -0.3 is 18.3 Å². The second-order valence-corrected chi connectivity index (χ2v) is 13.5. The summed E-state index contributed by atoms with van der Waals surface area (Å²) in [5, 5.41) is 0. The minimum Gasteiger partial charge on any atom is -0.314 e. The normalized spacial score (nSPS) is 16.6. The third-order valence-corrected chi connectivity index (χ3v) is 12.6. The van der Waals surface area contributed by atoms with Gasteiger partial charge in [-0.2, -0.15) is 0 Å². The molecule has 0 aromatic heterocycles. The smallest absolute Gasteiger partial charge is 0.314 e. The molecule has 2 heterocycles. The Bertz CT molecular complexity index is 1640. The molecule has 0 atom stereocenters. The number of hydrogen-bond acceptors (Lipinski definition) is 4. The van der Waals surface area contributed by atoms with E-state index >= 15 is 0 Å². The molecule has 5 heteroatoms. The van der Waals surface area contributed by atoms with Gasteiger partial charge in [-0.15, -0.1) is 0 Å². The fourth-order valence-corrected chi connectivity index (χ4v) is 11.9. The maximum absolute atomic E-state index is 3.19. The van der Waals surface area contributed by atoms with Gasteiger partial charge in [0.25, 0.3) is 0 Å². The van der Waals surface area contributed by atoms with Crippen LogP contribution in [0.3, 0.4) is 0 Å². The van der Waals surface area contributed by atoms with Gasteiger partial charge in [-0.25, -0.2) is 0 Å². The van der Waals surface area contributed by atoms with Crippen molar-refractivity contribution >= 4 is 48.5 Å². The number of benzene rings is 5. The summed E-state index contributed by atoms with van der Waals surface area (Å²) < 4.78 is 10.7. The van der Waals surface area contributed by atoms with Gasteiger partial charge in [0.1, 0.15) is 0 Å². The molecule has 4 nitrogen and oxygen atoms in total. The number of nitrogens with zero attached hydrogens (tertiary/aromatic N) is 4. The molecule has 1 aliphatic carbocycles. The van der Waals surface area contributed by atoms with E-state index in [2.05, 4.69) is 176 Å². The van der Waals surface area contributed by atoms with E-state index in [1.54, 1.807) is 0 Å². The lowest BCUT2D eigenvalue weighted by molar-refractivity contribution is 0.999. The van der Waals surface area contributed by atoms with Gasteiger partial charge in [-0.1, -0.05) is 91.0 Å². The topological polar surface area (TPSA) is 13.0 Å². The fourth-order valence-electron chi connectivity index (χ4n) is 6.68. The Balaban J connectivity index is 1.55. The molecule has 0 radical (unpaired) electrons. The van der Waals surface area contributed by atoms with E-state index in [9.17, 15) is 0 Å². The van der Waals surface area contributed by atoms with Crippen LogP contribution in [0.4, 0.5) is 39.8 Å². The van der Waals surface area contributed by atoms with Gasteiger partial charge in [0.05, 0.1) is 22.7 Å². The summed E-state index contributed by atoms with van der Waals surface area (Å²) in [5.74, 6) is 0. The number of allylic oxidation sites excluding steroid dienone is 3. The average molecular weight is 547 g/mol. The van der Waals surface area contributed by atoms with Crippen molar-refractivity contribution in [3.63, 3.8) is 0 Å². The van der Waals surface area contributed by atoms with E-state index in [0.29, 0.717) is 0 Å². The van der Waals surface area contributed by atoms with Gasteiger partial charge in [0, 0.05) is 22.8 Å². The Morgan fingerprint density at radius 3 is 1.12 bits per heavy atom. The van der Waals surface area contributed by atoms with Crippen molar-refractivity contribution in [2.45, 2.75) is 12.8 Å². The highest BCUT2D eigenvalue weighted by Crippen LogP contribution is 2.61. The van der Waals surface area contributed by atoms with E-state index < -0.39 is 8.72 Å². The Morgan fingerprint density at radius 2 is 0.756 bits per heavy atom. The van der Waals surface area contributed by atoms with Crippen molar-refractivity contribution in [2.24, 2.45) is 0 Å². The van der Waals surface area contributed by atoms with Gasteiger partial charge >= 0.3 is 8.72 Å². The summed E-state index contributed by atoms with van der Waals surface area (Å²) >= 11 is 0. The van der Waals surface area contributed by atoms with Crippen LogP contribution in [0.5, 0.6) is 0 Å². The Labute approximate surface area is 242 Å². The van der Waals surface area contributed by atoms with Crippen molar-refractivity contribution in [1.82, 2.24) is 0 Å². The van der Waals surface area contributed by atoms with Gasteiger partial charge in [0.15, 0.2) is 0 Å². The molecule has 5 aromatic rings. The SMILES string of the molecule is C1=CC(N2c3ccccc3N(c3ccccc3)[Si]23N(c2ccccc2)c2ccccc2N3c2ccccc2)=CCC1. The van der Waals surface area contributed by atoms with Crippen LogP contribution in [0.1, 0.15) is 12.8 Å². The van der Waals surface area contributed by atoms with Crippen LogP contribution in [0.25, 0.3) is 0 Å². The van der Waals surface area contributed by atoms with E-state index in [1.165, 1.54) is 45.5 Å². The van der Waals surface area contributed by atoms with Crippen LogP contribution < -0.4 is 18.3 Å². The molecule has 5 aromatic carbocycles. The second kappa shape index (κ2) is 9.57. The second-order valence-electron chi connectivity index (χ2n) is 10.5. The number of anilines is 7. The third-order valence-electron chi connectivity index (χ3n) is 8.20. The first-order valence-corrected chi connectivity index (χ1v) is 16.1. The van der Waals surface area contributed by atoms with Crippen molar-refractivity contribution in [1.29, 1.82) is 0 Å². The molecule has 0 N–H and O–H groups in total. The maximum Gasteiger partial charge on any atom is 0.521 e. The molecule has 41 heavy (non-hydrogen) atoms. The predicted octanol–water partition coefficient (Wildman–Crippen LogP) is 9.30. The van der Waals surface area contributed by atoms with Crippen LogP contribution in [0, 0.1) is 0 Å². The molecule has 2 aliphatic heterocycles. The molecule has 3 aliphatic rings. The zero-order valence-electron chi connectivity index (χ0n) is 22.7. The van der Waals surface area contributed by atoms with Gasteiger partial charge in [0.2, 0.25) is 0 Å². The summed E-state index contributed by atoms with van der Waals surface area (Å²) in [6.07, 6.45) is 9.19. The zero-order chi connectivity index (χ0) is 27.2. The number of para-hydroxylation sites is 7. The van der Waals surface area contributed by atoms with E-state index in [0.717, 1.165) is 12.8 Å². The lowest BCUT2D eigenvalue weighted by Gasteiger charge is -2.50. The van der Waals surface area contributed by atoms with Crippen LogP contribution in [-0.4, -0.2) is 8.72 Å². The number of hydrogen-bond donors (Lipinski definition) is 0. The van der Waals surface area contributed by atoms with E-state index in [1.807, 2.05) is 0 Å². The minimum atomic E-state index is -3.19. The van der Waals surface area contributed by atoms with Crippen molar-refractivity contribution in [3.05, 3.63) is 163 Å². The van der Waals surface area contributed by atoms with Crippen LogP contribution in [-0.2, 0) is 0 Å². The fraction of sp³-hybridized carbons (Fsp3) is 0.0556. The summed E-state index contributed by atoms with van der Waals surface area (Å²) in [5.41, 5.74) is 9.69. The van der Waals surface area contributed by atoms with Crippen LogP contribution >= 0.6 is 0 Å². The van der Waals surface area contributed by atoms with Crippen LogP contribution in [0.15, 0.2) is 163 Å². The molecule has 0 bridgehead atoms. The Hall–Kier alpha value is -5.00. The lowest BCUT2D eigenvalue weighted by Crippen LogP contribution is -2.77. The minimum absolute atomic E-state index is 1.03. The zero-order valence-corrected chi connectivity index (χ0v) is 23.7.